The maximum atomic E-state index is 14.9. The van der Waals surface area contributed by atoms with Gasteiger partial charge in [-0.15, -0.1) is 0 Å². The van der Waals surface area contributed by atoms with Gasteiger partial charge >= 0.3 is 18.2 Å². The van der Waals surface area contributed by atoms with Gasteiger partial charge in [0.05, 0.1) is 59.4 Å². The van der Waals surface area contributed by atoms with Crippen LogP contribution >= 0.6 is 0 Å². The molecule has 1 amide bonds. The topological polar surface area (TPSA) is 229 Å². The first-order chi connectivity index (χ1) is 37.4. The first kappa shape index (κ1) is 63.0. The number of amides is 1. The smallest absolute Gasteiger partial charge is 0.459 e. The standard InChI is InChI=1S/C60H86N2O17/c1-14-46-60(10,68)53(69-12)38(4)48(61-73-35-44-28-22-17-23-29-44)36(2)31-58(8,67)52(39(5)49(40(6)54(64)76-46)77-47-32-59(9,70-13)51(63)41(7)75-47)79-55-50(78-57(66)72-34-43-26-20-16-21-27-43)45(30-37(3)74-55)62(11)56(65)71-33-42-24-18-15-19-25-42/h15-29,36-41,45-47,49-53,55,63,67-68H,14,30-35H2,1-13H3/b61-48+/t36-,37-,38+,39+,40-,41+,45+,46-,47+,49+,50-,51+,52-,53-,55+,58-,59-,60-/m1/s1. The highest BCUT2D eigenvalue weighted by molar-refractivity contribution is 5.89. The summed E-state index contributed by atoms with van der Waals surface area (Å²) in [6.45, 7) is 17.1. The summed E-state index contributed by atoms with van der Waals surface area (Å²) in [5.41, 5.74) is -2.16. The highest BCUT2D eigenvalue weighted by Gasteiger charge is 2.55. The number of carbonyl (C=O) groups excluding carboxylic acids is 3. The van der Waals surface area contributed by atoms with E-state index in [0.29, 0.717) is 11.3 Å². The molecular weight excluding hydrogens is 1020 g/mol. The fourth-order valence-corrected chi connectivity index (χ4v) is 11.6. The number of benzene rings is 3. The predicted molar refractivity (Wildman–Crippen MR) is 291 cm³/mol. The Morgan fingerprint density at radius 1 is 0.747 bits per heavy atom. The first-order valence-electron chi connectivity index (χ1n) is 27.5. The molecule has 3 N–H and O–H groups in total. The third-order valence-corrected chi connectivity index (χ3v) is 16.0. The number of oxime groups is 1. The van der Waals surface area contributed by atoms with Crippen molar-refractivity contribution in [3.05, 3.63) is 108 Å². The summed E-state index contributed by atoms with van der Waals surface area (Å²) in [5, 5.41) is 42.0. The van der Waals surface area contributed by atoms with Gasteiger partial charge in [-0.2, -0.15) is 0 Å². The molecule has 0 saturated carbocycles. The average molecular weight is 1110 g/mol. The van der Waals surface area contributed by atoms with Crippen molar-refractivity contribution in [2.45, 2.75) is 199 Å². The van der Waals surface area contributed by atoms with Crippen LogP contribution < -0.4 is 0 Å². The largest absolute Gasteiger partial charge is 0.509 e. The molecular formula is C60H86N2O17. The molecule has 3 aliphatic heterocycles. The predicted octanol–water partition coefficient (Wildman–Crippen LogP) is 8.51. The normalized spacial score (nSPS) is 36.3. The highest BCUT2D eigenvalue weighted by Crippen LogP contribution is 2.42. The lowest BCUT2D eigenvalue weighted by atomic mass is 9.73. The zero-order valence-electron chi connectivity index (χ0n) is 48.2. The molecule has 3 aromatic rings. The molecule has 3 aliphatic rings. The van der Waals surface area contributed by atoms with Crippen LogP contribution in [0.5, 0.6) is 0 Å². The number of aliphatic hydroxyl groups excluding tert-OH is 1. The van der Waals surface area contributed by atoms with Gasteiger partial charge in [0.15, 0.2) is 18.7 Å². The molecule has 0 spiro atoms. The van der Waals surface area contributed by atoms with Crippen molar-refractivity contribution in [2.75, 3.05) is 21.3 Å². The van der Waals surface area contributed by atoms with Gasteiger partial charge in [-0.25, -0.2) is 9.59 Å². The average Bonchev–Trinajstić information content (AvgIpc) is 3.44. The van der Waals surface area contributed by atoms with Gasteiger partial charge in [0.25, 0.3) is 0 Å². The number of nitrogens with zero attached hydrogens (tertiary/aromatic N) is 2. The fourth-order valence-electron chi connectivity index (χ4n) is 11.6. The minimum atomic E-state index is -1.93. The van der Waals surface area contributed by atoms with Gasteiger partial charge in [0.1, 0.15) is 37.6 Å². The van der Waals surface area contributed by atoms with E-state index < -0.39 is 126 Å². The third-order valence-electron chi connectivity index (χ3n) is 16.0. The van der Waals surface area contributed by atoms with Crippen molar-refractivity contribution in [3.63, 3.8) is 0 Å². The quantitative estimate of drug-likeness (QED) is 0.0693. The molecule has 0 unspecified atom stereocenters. The Morgan fingerprint density at radius 3 is 1.87 bits per heavy atom. The maximum absolute atomic E-state index is 14.9. The molecule has 0 radical (unpaired) electrons. The zero-order valence-corrected chi connectivity index (χ0v) is 48.2. The van der Waals surface area contributed by atoms with Crippen molar-refractivity contribution in [1.29, 1.82) is 0 Å². The minimum Gasteiger partial charge on any atom is -0.459 e. The molecule has 19 nitrogen and oxygen atoms in total. The molecule has 19 heteroatoms. The van der Waals surface area contributed by atoms with Crippen LogP contribution in [0.2, 0.25) is 0 Å². The monoisotopic (exact) mass is 1110 g/mol. The van der Waals surface area contributed by atoms with Gasteiger partial charge in [-0.1, -0.05) is 124 Å². The summed E-state index contributed by atoms with van der Waals surface area (Å²) in [6, 6.07) is 26.7. The second kappa shape index (κ2) is 28.0. The van der Waals surface area contributed by atoms with Crippen molar-refractivity contribution in [1.82, 2.24) is 4.90 Å². The summed E-state index contributed by atoms with van der Waals surface area (Å²) >= 11 is 0. The molecule has 0 aliphatic carbocycles. The van der Waals surface area contributed by atoms with Gasteiger partial charge in [-0.05, 0) is 77.5 Å². The third kappa shape index (κ3) is 15.8. The second-order valence-corrected chi connectivity index (χ2v) is 22.4. The van der Waals surface area contributed by atoms with E-state index in [1.165, 1.54) is 26.2 Å². The van der Waals surface area contributed by atoms with E-state index in [4.69, 9.17) is 57.4 Å². The lowest BCUT2D eigenvalue weighted by Gasteiger charge is -2.49. The number of hydrogen-bond donors (Lipinski definition) is 3. The van der Waals surface area contributed by atoms with Crippen molar-refractivity contribution in [2.24, 2.45) is 28.8 Å². The van der Waals surface area contributed by atoms with Gasteiger partial charge in [0.2, 0.25) is 0 Å². The highest BCUT2D eigenvalue weighted by atomic mass is 16.8. The zero-order chi connectivity index (χ0) is 57.8. The fraction of sp³-hybridized carbons (Fsp3) is 0.633. The van der Waals surface area contributed by atoms with Crippen LogP contribution in [-0.2, 0) is 76.8 Å². The molecule has 3 heterocycles. The lowest BCUT2D eigenvalue weighted by Crippen LogP contribution is -2.62. The van der Waals surface area contributed by atoms with Gasteiger partial charge < -0.3 is 72.4 Å². The molecule has 6 rings (SSSR count). The number of rotatable bonds is 16. The van der Waals surface area contributed by atoms with E-state index in [2.05, 4.69) is 0 Å². The van der Waals surface area contributed by atoms with Gasteiger partial charge in [0, 0.05) is 45.4 Å². The van der Waals surface area contributed by atoms with Crippen molar-refractivity contribution >= 4 is 23.9 Å². The number of cyclic esters (lactones) is 1. The summed E-state index contributed by atoms with van der Waals surface area (Å²) in [4.78, 5) is 50.3. The SMILES string of the molecule is CC[C@H]1OC(=O)[C@H](C)[C@@H](O[C@H]2C[C@@](C)(OC)[C@@H](O)[C@H](C)O2)[C@H](C)[C@@H](O[C@@H]2O[C@H](C)C[C@H](N(C)C(=O)OCc3ccccc3)[C@H]2OC(=O)OCc2ccccc2)[C@](C)(O)C[C@@H](C)/C(=N\OCc2ccccc2)[C@H](C)[C@@H](OC)[C@]1(C)O. The summed E-state index contributed by atoms with van der Waals surface area (Å²) in [7, 11) is 4.47. The maximum Gasteiger partial charge on any atom is 0.509 e. The Balaban J connectivity index is 1.48. The molecule has 0 aromatic heterocycles. The molecule has 3 fully saturated rings. The van der Waals surface area contributed by atoms with E-state index in [1.54, 1.807) is 67.5 Å². The minimum absolute atomic E-state index is 0.0279. The summed E-state index contributed by atoms with van der Waals surface area (Å²) in [5.74, 6) is -4.28. The van der Waals surface area contributed by atoms with Crippen LogP contribution in [0.3, 0.4) is 0 Å². The number of carbonyl (C=O) groups is 3. The van der Waals surface area contributed by atoms with Crippen LogP contribution in [0.4, 0.5) is 9.59 Å². The van der Waals surface area contributed by atoms with Crippen LogP contribution in [0.1, 0.15) is 112 Å². The number of esters is 1. The number of aliphatic hydroxyl groups is 3. The molecule has 438 valence electrons. The van der Waals surface area contributed by atoms with E-state index in [-0.39, 0.29) is 45.5 Å². The number of hydrogen-bond acceptors (Lipinski definition) is 18. The van der Waals surface area contributed by atoms with E-state index in [9.17, 15) is 29.7 Å². The lowest BCUT2D eigenvalue weighted by molar-refractivity contribution is -0.318. The number of methoxy groups -OCH3 is 2. The molecule has 18 atom stereocenters. The van der Waals surface area contributed by atoms with Crippen LogP contribution in [-0.4, -0.2) is 150 Å². The van der Waals surface area contributed by atoms with E-state index in [0.717, 1.165) is 11.1 Å². The molecule has 0 bridgehead atoms. The Labute approximate surface area is 466 Å². The summed E-state index contributed by atoms with van der Waals surface area (Å²) in [6.07, 6.45) is -12.8. The van der Waals surface area contributed by atoms with Crippen LogP contribution in [0.25, 0.3) is 0 Å². The van der Waals surface area contributed by atoms with Gasteiger partial charge in [-0.3, -0.25) is 4.79 Å². The second-order valence-electron chi connectivity index (χ2n) is 22.4. The molecule has 79 heavy (non-hydrogen) atoms. The number of likely N-dealkylation sites (N-methyl/N-ethyl adjacent to an activating group) is 1. The molecule has 3 saturated heterocycles. The Bertz CT molecular complexity index is 2410. The van der Waals surface area contributed by atoms with Crippen LogP contribution in [0, 0.1) is 23.7 Å². The Kier molecular flexibility index (Phi) is 22.3. The molecule has 3 aromatic carbocycles. The Morgan fingerprint density at radius 2 is 1.32 bits per heavy atom. The number of ether oxygens (including phenoxy) is 10. The van der Waals surface area contributed by atoms with Crippen molar-refractivity contribution < 1.29 is 81.9 Å². The van der Waals surface area contributed by atoms with E-state index >= 15 is 0 Å². The first-order valence-corrected chi connectivity index (χ1v) is 27.5. The van der Waals surface area contributed by atoms with Crippen molar-refractivity contribution in [3.8, 4) is 0 Å². The summed E-state index contributed by atoms with van der Waals surface area (Å²) < 4.78 is 62.9. The van der Waals surface area contributed by atoms with E-state index in [1.807, 2.05) is 92.7 Å². The van der Waals surface area contributed by atoms with Crippen LogP contribution in [0.15, 0.2) is 96.2 Å². The Hall–Kier alpha value is -5.22.